The van der Waals surface area contributed by atoms with Gasteiger partial charge in [0.1, 0.15) is 6.04 Å². The summed E-state index contributed by atoms with van der Waals surface area (Å²) in [5.74, 6) is -1.83. The fourth-order valence-corrected chi connectivity index (χ4v) is 3.01. The van der Waals surface area contributed by atoms with E-state index in [9.17, 15) is 14.7 Å². The van der Waals surface area contributed by atoms with Crippen LogP contribution in [0.1, 0.15) is 43.2 Å². The second kappa shape index (κ2) is 9.73. The first-order valence-corrected chi connectivity index (χ1v) is 8.93. The number of nitrogens with one attached hydrogen (secondary N) is 1. The van der Waals surface area contributed by atoms with Crippen molar-refractivity contribution in [3.8, 4) is 0 Å². The van der Waals surface area contributed by atoms with Gasteiger partial charge in [-0.2, -0.15) is 0 Å². The molecular formula is C21H26N2O3. The van der Waals surface area contributed by atoms with Crippen LogP contribution in [0.5, 0.6) is 0 Å². The Kier molecular flexibility index (Phi) is 7.36. The lowest BCUT2D eigenvalue weighted by molar-refractivity contribution is -0.142. The Morgan fingerprint density at radius 3 is 1.92 bits per heavy atom. The zero-order chi connectivity index (χ0) is 18.9. The average Bonchev–Trinajstić information content (AvgIpc) is 2.66. The molecule has 0 spiro atoms. The number of benzene rings is 2. The van der Waals surface area contributed by atoms with Crippen molar-refractivity contribution in [2.45, 2.75) is 44.2 Å². The largest absolute Gasteiger partial charge is 0.480 e. The summed E-state index contributed by atoms with van der Waals surface area (Å²) in [6, 6.07) is 17.3. The van der Waals surface area contributed by atoms with Gasteiger partial charge in [-0.05, 0) is 17.5 Å². The molecule has 0 aromatic heterocycles. The molecule has 5 nitrogen and oxygen atoms in total. The van der Waals surface area contributed by atoms with E-state index in [0.717, 1.165) is 24.0 Å². The summed E-state index contributed by atoms with van der Waals surface area (Å²) < 4.78 is 0. The Labute approximate surface area is 154 Å². The number of carboxylic acids is 1. The topological polar surface area (TPSA) is 92.4 Å². The van der Waals surface area contributed by atoms with Crippen LogP contribution in [0.2, 0.25) is 0 Å². The minimum absolute atomic E-state index is 0.349. The molecule has 4 N–H and O–H groups in total. The van der Waals surface area contributed by atoms with E-state index in [4.69, 9.17) is 5.73 Å². The smallest absolute Gasteiger partial charge is 0.326 e. The molecule has 5 heteroatoms. The van der Waals surface area contributed by atoms with Crippen molar-refractivity contribution in [2.24, 2.45) is 5.73 Å². The van der Waals surface area contributed by atoms with E-state index in [0.29, 0.717) is 6.42 Å². The molecule has 2 atom stereocenters. The lowest BCUT2D eigenvalue weighted by Crippen LogP contribution is -2.50. The molecule has 0 radical (unpaired) electrons. The van der Waals surface area contributed by atoms with Crippen LogP contribution in [0.4, 0.5) is 0 Å². The van der Waals surface area contributed by atoms with E-state index >= 15 is 0 Å². The first-order chi connectivity index (χ1) is 12.5. The Morgan fingerprint density at radius 2 is 1.50 bits per heavy atom. The predicted octanol–water partition coefficient (Wildman–Crippen LogP) is 2.91. The van der Waals surface area contributed by atoms with Gasteiger partial charge in [-0.15, -0.1) is 0 Å². The number of aliphatic carboxylic acids is 1. The lowest BCUT2D eigenvalue weighted by atomic mass is 9.85. The molecule has 0 saturated carbocycles. The lowest BCUT2D eigenvalue weighted by Gasteiger charge is -2.26. The number of hydrogen-bond donors (Lipinski definition) is 3. The van der Waals surface area contributed by atoms with E-state index in [1.165, 1.54) is 0 Å². The summed E-state index contributed by atoms with van der Waals surface area (Å²) in [5.41, 5.74) is 8.13. The van der Waals surface area contributed by atoms with Crippen LogP contribution in [0.3, 0.4) is 0 Å². The van der Waals surface area contributed by atoms with Gasteiger partial charge in [-0.1, -0.05) is 80.4 Å². The number of carbonyl (C=O) groups excluding carboxylic acids is 1. The first kappa shape index (κ1) is 19.7. The molecular weight excluding hydrogens is 328 g/mol. The number of amides is 1. The maximum absolute atomic E-state index is 12.7. The minimum Gasteiger partial charge on any atom is -0.480 e. The van der Waals surface area contributed by atoms with Gasteiger partial charge in [0.2, 0.25) is 5.91 Å². The average molecular weight is 354 g/mol. The van der Waals surface area contributed by atoms with Gasteiger partial charge in [0.25, 0.3) is 0 Å². The highest BCUT2D eigenvalue weighted by atomic mass is 16.4. The molecule has 138 valence electrons. The molecule has 26 heavy (non-hydrogen) atoms. The molecule has 0 aliphatic carbocycles. The quantitative estimate of drug-likeness (QED) is 0.645. The standard InChI is InChI=1S/C21H26N2O3/c1-2-3-14-17(21(25)26)23-20(24)19(22)18(15-10-6-4-7-11-15)16-12-8-5-9-13-16/h4-13,17-19H,2-3,14,22H2,1H3,(H,23,24)(H,25,26)/t17-,19-/m0/s1. The summed E-state index contributed by atoms with van der Waals surface area (Å²) in [6.45, 7) is 1.98. The van der Waals surface area contributed by atoms with Gasteiger partial charge < -0.3 is 16.2 Å². The third-order valence-corrected chi connectivity index (χ3v) is 4.44. The van der Waals surface area contributed by atoms with Gasteiger partial charge in [-0.3, -0.25) is 4.79 Å². The Hall–Kier alpha value is -2.66. The van der Waals surface area contributed by atoms with Crippen molar-refractivity contribution in [2.75, 3.05) is 0 Å². The molecule has 0 aliphatic heterocycles. The molecule has 1 amide bonds. The fraction of sp³-hybridized carbons (Fsp3) is 0.333. The maximum Gasteiger partial charge on any atom is 0.326 e. The molecule has 2 aromatic rings. The summed E-state index contributed by atoms with van der Waals surface area (Å²) in [4.78, 5) is 24.1. The highest BCUT2D eigenvalue weighted by Gasteiger charge is 2.30. The second-order valence-electron chi connectivity index (χ2n) is 6.37. The van der Waals surface area contributed by atoms with E-state index < -0.39 is 24.0 Å². The Bertz CT molecular complexity index is 664. The van der Waals surface area contributed by atoms with Crippen molar-refractivity contribution < 1.29 is 14.7 Å². The SMILES string of the molecule is CCCC[C@H](NC(=O)[C@@H](N)C(c1ccccc1)c1ccccc1)C(=O)O. The minimum atomic E-state index is -1.03. The van der Waals surface area contributed by atoms with E-state index in [-0.39, 0.29) is 5.92 Å². The zero-order valence-corrected chi connectivity index (χ0v) is 15.0. The number of hydrogen-bond acceptors (Lipinski definition) is 3. The molecule has 0 heterocycles. The van der Waals surface area contributed by atoms with Crippen molar-refractivity contribution in [3.05, 3.63) is 71.8 Å². The van der Waals surface area contributed by atoms with Gasteiger partial charge in [0.15, 0.2) is 0 Å². The molecule has 2 rings (SSSR count). The van der Waals surface area contributed by atoms with Crippen molar-refractivity contribution >= 4 is 11.9 Å². The van der Waals surface area contributed by atoms with Crippen molar-refractivity contribution in [1.82, 2.24) is 5.32 Å². The van der Waals surface area contributed by atoms with Crippen LogP contribution in [-0.2, 0) is 9.59 Å². The first-order valence-electron chi connectivity index (χ1n) is 8.93. The molecule has 2 aromatic carbocycles. The maximum atomic E-state index is 12.7. The molecule has 0 bridgehead atoms. The van der Waals surface area contributed by atoms with E-state index in [1.54, 1.807) is 0 Å². The molecule has 0 unspecified atom stereocenters. The second-order valence-corrected chi connectivity index (χ2v) is 6.37. The summed E-state index contributed by atoms with van der Waals surface area (Å²) >= 11 is 0. The van der Waals surface area contributed by atoms with Crippen LogP contribution >= 0.6 is 0 Å². The van der Waals surface area contributed by atoms with Crippen LogP contribution < -0.4 is 11.1 Å². The third kappa shape index (κ3) is 5.17. The number of unbranched alkanes of at least 4 members (excludes halogenated alkanes) is 1. The summed E-state index contributed by atoms with van der Waals surface area (Å²) in [5, 5.41) is 12.0. The number of nitrogens with two attached hydrogens (primary N) is 1. The van der Waals surface area contributed by atoms with Crippen molar-refractivity contribution in [1.29, 1.82) is 0 Å². The molecule has 0 fully saturated rings. The molecule has 0 aliphatic rings. The van der Waals surface area contributed by atoms with Gasteiger partial charge in [0, 0.05) is 5.92 Å². The van der Waals surface area contributed by atoms with Crippen LogP contribution in [-0.4, -0.2) is 29.1 Å². The third-order valence-electron chi connectivity index (χ3n) is 4.44. The highest BCUT2D eigenvalue weighted by Crippen LogP contribution is 2.27. The van der Waals surface area contributed by atoms with Crippen LogP contribution in [0, 0.1) is 0 Å². The predicted molar refractivity (Wildman–Crippen MR) is 102 cm³/mol. The monoisotopic (exact) mass is 354 g/mol. The van der Waals surface area contributed by atoms with Crippen molar-refractivity contribution in [3.63, 3.8) is 0 Å². The molecule has 0 saturated heterocycles. The highest BCUT2D eigenvalue weighted by molar-refractivity contribution is 5.88. The van der Waals surface area contributed by atoms with Gasteiger partial charge >= 0.3 is 5.97 Å². The fourth-order valence-electron chi connectivity index (χ4n) is 3.01. The Morgan fingerprint density at radius 1 is 1.00 bits per heavy atom. The number of rotatable bonds is 9. The summed E-state index contributed by atoms with van der Waals surface area (Å²) in [7, 11) is 0. The van der Waals surface area contributed by atoms with Crippen LogP contribution in [0.25, 0.3) is 0 Å². The zero-order valence-electron chi connectivity index (χ0n) is 15.0. The van der Waals surface area contributed by atoms with Crippen LogP contribution in [0.15, 0.2) is 60.7 Å². The van der Waals surface area contributed by atoms with Gasteiger partial charge in [-0.25, -0.2) is 4.79 Å². The Balaban J connectivity index is 2.24. The van der Waals surface area contributed by atoms with E-state index in [2.05, 4.69) is 5.32 Å². The number of carbonyl (C=O) groups is 2. The summed E-state index contributed by atoms with van der Waals surface area (Å²) in [6.07, 6.45) is 1.99. The van der Waals surface area contributed by atoms with E-state index in [1.807, 2.05) is 67.6 Å². The normalized spacial score (nSPS) is 13.2. The van der Waals surface area contributed by atoms with Gasteiger partial charge in [0.05, 0.1) is 6.04 Å². The number of carboxylic acid groups (broad SMARTS) is 1.